The van der Waals surface area contributed by atoms with Crippen LogP contribution in [0.4, 0.5) is 4.79 Å². The fourth-order valence-corrected chi connectivity index (χ4v) is 2.05. The van der Waals surface area contributed by atoms with Crippen LogP contribution >= 0.6 is 0 Å². The molecule has 90 valence electrons. The van der Waals surface area contributed by atoms with E-state index < -0.39 is 5.54 Å². The number of amides is 1. The third kappa shape index (κ3) is 1.67. The van der Waals surface area contributed by atoms with Gasteiger partial charge in [-0.15, -0.1) is 0 Å². The van der Waals surface area contributed by atoms with E-state index in [0.717, 1.165) is 17.1 Å². The number of hydrogen-bond acceptors (Lipinski definition) is 4. The quantitative estimate of drug-likeness (QED) is 0.799. The monoisotopic (exact) mass is 235 g/mol. The minimum Gasteiger partial charge on any atom is -0.486 e. The van der Waals surface area contributed by atoms with Crippen molar-refractivity contribution in [3.8, 4) is 11.5 Å². The molecule has 1 amide bonds. The molecule has 1 aromatic carbocycles. The third-order valence-electron chi connectivity index (χ3n) is 3.05. The predicted molar refractivity (Wildman–Crippen MR) is 59.3 cm³/mol. The topological polar surface area (TPSA) is 56.8 Å². The zero-order valence-corrected chi connectivity index (χ0v) is 9.49. The molecule has 0 radical (unpaired) electrons. The number of fused-ring (bicyclic) bond motifs is 1. The summed E-state index contributed by atoms with van der Waals surface area (Å²) in [6, 6.07) is 5.67. The van der Waals surface area contributed by atoms with E-state index in [9.17, 15) is 4.79 Å². The van der Waals surface area contributed by atoms with Gasteiger partial charge >= 0.3 is 6.09 Å². The SMILES string of the molecule is CC1(c2ccc3c(c2)OCCO3)COC(=O)N1. The zero-order chi connectivity index (χ0) is 11.9. The van der Waals surface area contributed by atoms with Gasteiger partial charge in [-0.25, -0.2) is 4.79 Å². The normalized spacial score (nSPS) is 26.3. The summed E-state index contributed by atoms with van der Waals surface area (Å²) in [5, 5.41) is 2.80. The molecule has 2 heterocycles. The third-order valence-corrected chi connectivity index (χ3v) is 3.05. The van der Waals surface area contributed by atoms with Crippen molar-refractivity contribution in [1.29, 1.82) is 0 Å². The van der Waals surface area contributed by atoms with E-state index in [4.69, 9.17) is 14.2 Å². The Balaban J connectivity index is 1.96. The summed E-state index contributed by atoms with van der Waals surface area (Å²) >= 11 is 0. The highest BCUT2D eigenvalue weighted by molar-refractivity contribution is 5.71. The van der Waals surface area contributed by atoms with Gasteiger partial charge in [-0.1, -0.05) is 6.07 Å². The zero-order valence-electron chi connectivity index (χ0n) is 9.49. The summed E-state index contributed by atoms with van der Waals surface area (Å²) in [5.74, 6) is 1.46. The molecule has 0 spiro atoms. The molecule has 0 saturated carbocycles. The van der Waals surface area contributed by atoms with Crippen LogP contribution in [-0.4, -0.2) is 25.9 Å². The predicted octanol–water partition coefficient (Wildman–Crippen LogP) is 1.41. The van der Waals surface area contributed by atoms with Crippen LogP contribution in [0.2, 0.25) is 0 Å². The number of carbonyl (C=O) groups is 1. The highest BCUT2D eigenvalue weighted by Crippen LogP contribution is 2.35. The minimum atomic E-state index is -0.493. The van der Waals surface area contributed by atoms with Crippen molar-refractivity contribution in [3.63, 3.8) is 0 Å². The van der Waals surface area contributed by atoms with Gasteiger partial charge in [-0.2, -0.15) is 0 Å². The maximum atomic E-state index is 11.1. The Morgan fingerprint density at radius 2 is 1.94 bits per heavy atom. The maximum absolute atomic E-state index is 11.1. The Morgan fingerprint density at radius 1 is 1.18 bits per heavy atom. The molecule has 1 atom stereocenters. The van der Waals surface area contributed by atoms with Gasteiger partial charge in [0.15, 0.2) is 11.5 Å². The minimum absolute atomic E-state index is 0.325. The number of hydrogen-bond donors (Lipinski definition) is 1. The fraction of sp³-hybridized carbons (Fsp3) is 0.417. The molecule has 17 heavy (non-hydrogen) atoms. The number of alkyl carbamates (subject to hydrolysis) is 1. The van der Waals surface area contributed by atoms with Crippen LogP contribution in [0.25, 0.3) is 0 Å². The first-order valence-electron chi connectivity index (χ1n) is 5.52. The van der Waals surface area contributed by atoms with Crippen molar-refractivity contribution in [1.82, 2.24) is 5.32 Å². The lowest BCUT2D eigenvalue weighted by Crippen LogP contribution is -2.37. The number of benzene rings is 1. The summed E-state index contributed by atoms with van der Waals surface area (Å²) in [6.07, 6.45) is -0.387. The molecular weight excluding hydrogens is 222 g/mol. The van der Waals surface area contributed by atoms with E-state index in [1.807, 2.05) is 25.1 Å². The average molecular weight is 235 g/mol. The van der Waals surface area contributed by atoms with Crippen LogP contribution < -0.4 is 14.8 Å². The second kappa shape index (κ2) is 3.55. The van der Waals surface area contributed by atoms with E-state index in [0.29, 0.717) is 19.8 Å². The van der Waals surface area contributed by atoms with Crippen LogP contribution in [0.1, 0.15) is 12.5 Å². The lowest BCUT2D eigenvalue weighted by molar-refractivity contribution is 0.169. The number of nitrogens with one attached hydrogen (secondary N) is 1. The molecule has 1 aromatic rings. The summed E-state index contributed by atoms with van der Waals surface area (Å²) in [5.41, 5.74) is 0.458. The van der Waals surface area contributed by atoms with Crippen molar-refractivity contribution in [3.05, 3.63) is 23.8 Å². The van der Waals surface area contributed by atoms with Crippen molar-refractivity contribution in [2.45, 2.75) is 12.5 Å². The maximum Gasteiger partial charge on any atom is 0.408 e. The summed E-state index contributed by atoms with van der Waals surface area (Å²) in [7, 11) is 0. The van der Waals surface area contributed by atoms with Crippen LogP contribution in [0.15, 0.2) is 18.2 Å². The van der Waals surface area contributed by atoms with E-state index in [2.05, 4.69) is 5.32 Å². The van der Waals surface area contributed by atoms with Crippen molar-refractivity contribution >= 4 is 6.09 Å². The number of ether oxygens (including phenoxy) is 3. The van der Waals surface area contributed by atoms with Gasteiger partial charge in [0.25, 0.3) is 0 Å². The Bertz CT molecular complexity index is 474. The molecule has 1 N–H and O–H groups in total. The molecule has 1 saturated heterocycles. The molecule has 0 aromatic heterocycles. The summed E-state index contributed by atoms with van der Waals surface area (Å²) < 4.78 is 15.9. The van der Waals surface area contributed by atoms with E-state index in [1.54, 1.807) is 0 Å². The summed E-state index contributed by atoms with van der Waals surface area (Å²) in [4.78, 5) is 11.1. The van der Waals surface area contributed by atoms with Crippen LogP contribution in [-0.2, 0) is 10.3 Å². The molecule has 3 rings (SSSR count). The average Bonchev–Trinajstić information content (AvgIpc) is 2.70. The Hall–Kier alpha value is -1.91. The molecular formula is C12H13NO4. The Kier molecular flexibility index (Phi) is 2.14. The van der Waals surface area contributed by atoms with E-state index in [1.165, 1.54) is 0 Å². The second-order valence-electron chi connectivity index (χ2n) is 4.39. The van der Waals surface area contributed by atoms with Gasteiger partial charge in [0, 0.05) is 0 Å². The molecule has 5 nitrogen and oxygen atoms in total. The van der Waals surface area contributed by atoms with Gasteiger partial charge in [-0.05, 0) is 24.6 Å². The highest BCUT2D eigenvalue weighted by Gasteiger charge is 2.37. The molecule has 2 aliphatic rings. The van der Waals surface area contributed by atoms with E-state index >= 15 is 0 Å². The smallest absolute Gasteiger partial charge is 0.408 e. The first kappa shape index (κ1) is 10.3. The van der Waals surface area contributed by atoms with Crippen molar-refractivity contribution < 1.29 is 19.0 Å². The molecule has 5 heteroatoms. The summed E-state index contributed by atoms with van der Waals surface area (Å²) in [6.45, 7) is 3.37. The second-order valence-corrected chi connectivity index (χ2v) is 4.39. The van der Waals surface area contributed by atoms with Gasteiger partial charge in [0.2, 0.25) is 0 Å². The standard InChI is InChI=1S/C12H13NO4/c1-12(7-17-11(14)13-12)8-2-3-9-10(6-8)16-5-4-15-9/h2-3,6H,4-5,7H2,1H3,(H,13,14). The molecule has 1 fully saturated rings. The largest absolute Gasteiger partial charge is 0.486 e. The van der Waals surface area contributed by atoms with Crippen LogP contribution in [0.5, 0.6) is 11.5 Å². The van der Waals surface area contributed by atoms with Gasteiger partial charge in [0.05, 0.1) is 5.54 Å². The lowest BCUT2D eigenvalue weighted by atomic mass is 9.93. The van der Waals surface area contributed by atoms with Crippen LogP contribution in [0, 0.1) is 0 Å². The van der Waals surface area contributed by atoms with E-state index in [-0.39, 0.29) is 6.09 Å². The molecule has 0 aliphatic carbocycles. The number of rotatable bonds is 1. The molecule has 2 aliphatic heterocycles. The molecule has 0 bridgehead atoms. The van der Waals surface area contributed by atoms with Crippen molar-refractivity contribution in [2.75, 3.05) is 19.8 Å². The lowest BCUT2D eigenvalue weighted by Gasteiger charge is -2.24. The Morgan fingerprint density at radius 3 is 2.65 bits per heavy atom. The van der Waals surface area contributed by atoms with Gasteiger partial charge < -0.3 is 19.5 Å². The van der Waals surface area contributed by atoms with Gasteiger partial charge in [-0.3, -0.25) is 0 Å². The van der Waals surface area contributed by atoms with Crippen LogP contribution in [0.3, 0.4) is 0 Å². The first-order chi connectivity index (χ1) is 8.17. The first-order valence-corrected chi connectivity index (χ1v) is 5.52. The fourth-order valence-electron chi connectivity index (χ4n) is 2.05. The number of cyclic esters (lactones) is 1. The van der Waals surface area contributed by atoms with Gasteiger partial charge in [0.1, 0.15) is 19.8 Å². The Labute approximate surface area is 98.7 Å². The number of carbonyl (C=O) groups excluding carboxylic acids is 1. The molecule has 1 unspecified atom stereocenters. The highest BCUT2D eigenvalue weighted by atomic mass is 16.6. The van der Waals surface area contributed by atoms with Crippen molar-refractivity contribution in [2.24, 2.45) is 0 Å².